The summed E-state index contributed by atoms with van der Waals surface area (Å²) in [6, 6.07) is 0. The van der Waals surface area contributed by atoms with Crippen molar-refractivity contribution < 1.29 is 0 Å². The molecule has 0 aromatic carbocycles. The van der Waals surface area contributed by atoms with Crippen molar-refractivity contribution in [1.82, 2.24) is 9.80 Å². The molecule has 1 rings (SSSR count). The summed E-state index contributed by atoms with van der Waals surface area (Å²) in [4.78, 5) is 3.10. The second-order valence-corrected chi connectivity index (χ2v) is 4.45. The average molecular weight is 239 g/mol. The molecular weight excluding hydrogens is 222 g/mol. The number of rotatable bonds is 2. The minimum Gasteiger partial charge on any atom is -0.370 e. The molecule has 0 atom stereocenters. The zero-order chi connectivity index (χ0) is 12.3. The van der Waals surface area contributed by atoms with Crippen LogP contribution in [0, 0.1) is 17.7 Å². The van der Waals surface area contributed by atoms with Gasteiger partial charge < -0.3 is 10.6 Å². The Morgan fingerprint density at radius 2 is 2.00 bits per heavy atom. The van der Waals surface area contributed by atoms with E-state index in [9.17, 15) is 0 Å². The molecule has 5 nitrogen and oxygen atoms in total. The standard InChI is InChI=1S/C10H17N5S/c1-7-5-16-6-8(7)4-14(2)10(13)15(3)9(11)12/h5-6,13H,4H2,1-3H3,(H3,11,12). The van der Waals surface area contributed by atoms with Crippen LogP contribution in [-0.4, -0.2) is 35.8 Å². The molecule has 0 saturated heterocycles. The maximum absolute atomic E-state index is 7.84. The molecule has 16 heavy (non-hydrogen) atoms. The molecule has 0 aliphatic carbocycles. The molecule has 0 spiro atoms. The third-order valence-corrected chi connectivity index (χ3v) is 3.32. The van der Waals surface area contributed by atoms with Crippen LogP contribution in [0.4, 0.5) is 0 Å². The Labute approximate surface area is 99.5 Å². The number of hydrogen-bond donors (Lipinski definition) is 3. The van der Waals surface area contributed by atoms with Crippen LogP contribution in [0.5, 0.6) is 0 Å². The molecule has 0 radical (unpaired) electrons. The van der Waals surface area contributed by atoms with Gasteiger partial charge in [0.15, 0.2) is 11.9 Å². The molecular formula is C10H17N5S. The van der Waals surface area contributed by atoms with Crippen molar-refractivity contribution in [2.75, 3.05) is 14.1 Å². The van der Waals surface area contributed by atoms with Crippen LogP contribution in [0.15, 0.2) is 10.8 Å². The van der Waals surface area contributed by atoms with E-state index in [2.05, 4.69) is 17.7 Å². The van der Waals surface area contributed by atoms with E-state index in [1.165, 1.54) is 16.0 Å². The van der Waals surface area contributed by atoms with Crippen LogP contribution in [-0.2, 0) is 6.54 Å². The Kier molecular flexibility index (Phi) is 3.89. The number of guanidine groups is 2. The summed E-state index contributed by atoms with van der Waals surface area (Å²) in [7, 11) is 3.43. The first-order valence-corrected chi connectivity index (χ1v) is 5.77. The van der Waals surface area contributed by atoms with Crippen molar-refractivity contribution >= 4 is 23.3 Å². The zero-order valence-corrected chi connectivity index (χ0v) is 10.6. The van der Waals surface area contributed by atoms with Crippen LogP contribution < -0.4 is 5.73 Å². The van der Waals surface area contributed by atoms with Gasteiger partial charge in [-0.2, -0.15) is 11.3 Å². The lowest BCUT2D eigenvalue weighted by Gasteiger charge is -2.26. The topological polar surface area (TPSA) is 80.2 Å². The molecule has 1 heterocycles. The quantitative estimate of drug-likeness (QED) is 0.536. The third-order valence-electron chi connectivity index (χ3n) is 2.41. The molecule has 4 N–H and O–H groups in total. The van der Waals surface area contributed by atoms with Gasteiger partial charge >= 0.3 is 0 Å². The first-order chi connectivity index (χ1) is 7.43. The molecule has 0 aliphatic rings. The molecule has 0 bridgehead atoms. The predicted octanol–water partition coefficient (Wildman–Crippen LogP) is 1.25. The van der Waals surface area contributed by atoms with Gasteiger partial charge in [-0.3, -0.25) is 15.7 Å². The number of nitrogens with zero attached hydrogens (tertiary/aromatic N) is 2. The van der Waals surface area contributed by atoms with Crippen LogP contribution in [0.25, 0.3) is 0 Å². The number of hydrogen-bond acceptors (Lipinski definition) is 3. The van der Waals surface area contributed by atoms with Gasteiger partial charge in [-0.05, 0) is 28.8 Å². The first kappa shape index (κ1) is 12.5. The molecule has 1 aromatic heterocycles. The fourth-order valence-corrected chi connectivity index (χ4v) is 2.10. The molecule has 0 amide bonds. The van der Waals surface area contributed by atoms with Crippen molar-refractivity contribution in [2.45, 2.75) is 13.5 Å². The van der Waals surface area contributed by atoms with E-state index in [1.54, 1.807) is 23.3 Å². The summed E-state index contributed by atoms with van der Waals surface area (Å²) >= 11 is 1.66. The normalized spacial score (nSPS) is 9.94. The number of aryl methyl sites for hydroxylation is 1. The summed E-state index contributed by atoms with van der Waals surface area (Å²) in [5.41, 5.74) is 7.76. The van der Waals surface area contributed by atoms with Crippen LogP contribution >= 0.6 is 11.3 Å². The Balaban J connectivity index is 2.66. The SMILES string of the molecule is Cc1cscc1CN(C)C(=N)N(C)C(=N)N. The number of thiophene rings is 1. The predicted molar refractivity (Wildman–Crippen MR) is 67.9 cm³/mol. The minimum atomic E-state index is -0.126. The Morgan fingerprint density at radius 3 is 2.44 bits per heavy atom. The van der Waals surface area contributed by atoms with Gasteiger partial charge in [0.1, 0.15) is 0 Å². The van der Waals surface area contributed by atoms with Crippen LogP contribution in [0.3, 0.4) is 0 Å². The lowest BCUT2D eigenvalue weighted by atomic mass is 10.2. The van der Waals surface area contributed by atoms with E-state index in [4.69, 9.17) is 16.6 Å². The van der Waals surface area contributed by atoms with Gasteiger partial charge in [-0.1, -0.05) is 0 Å². The Morgan fingerprint density at radius 1 is 1.38 bits per heavy atom. The van der Waals surface area contributed by atoms with Gasteiger partial charge in [0.25, 0.3) is 0 Å². The highest BCUT2D eigenvalue weighted by Gasteiger charge is 2.13. The summed E-state index contributed by atoms with van der Waals surface area (Å²) in [6.45, 7) is 2.71. The molecule has 88 valence electrons. The summed E-state index contributed by atoms with van der Waals surface area (Å²) in [5, 5.41) is 19.3. The van der Waals surface area contributed by atoms with Crippen molar-refractivity contribution in [3.05, 3.63) is 21.9 Å². The van der Waals surface area contributed by atoms with Crippen LogP contribution in [0.1, 0.15) is 11.1 Å². The second kappa shape index (κ2) is 4.98. The van der Waals surface area contributed by atoms with E-state index < -0.39 is 0 Å². The number of nitrogens with one attached hydrogen (secondary N) is 2. The second-order valence-electron chi connectivity index (χ2n) is 3.70. The fraction of sp³-hybridized carbons (Fsp3) is 0.400. The van der Waals surface area contributed by atoms with E-state index in [0.29, 0.717) is 6.54 Å². The highest BCUT2D eigenvalue weighted by molar-refractivity contribution is 7.08. The molecule has 0 fully saturated rings. The summed E-state index contributed by atoms with van der Waals surface area (Å²) < 4.78 is 0. The van der Waals surface area contributed by atoms with Crippen LogP contribution in [0.2, 0.25) is 0 Å². The van der Waals surface area contributed by atoms with E-state index in [0.717, 1.165) is 0 Å². The van der Waals surface area contributed by atoms with Gasteiger partial charge in [-0.15, -0.1) is 0 Å². The maximum Gasteiger partial charge on any atom is 0.200 e. The van der Waals surface area contributed by atoms with Gasteiger partial charge in [0.05, 0.1) is 0 Å². The maximum atomic E-state index is 7.84. The minimum absolute atomic E-state index is 0.126. The molecule has 0 unspecified atom stereocenters. The molecule has 1 aromatic rings. The van der Waals surface area contributed by atoms with Crippen molar-refractivity contribution in [1.29, 1.82) is 10.8 Å². The van der Waals surface area contributed by atoms with Crippen molar-refractivity contribution in [2.24, 2.45) is 5.73 Å². The largest absolute Gasteiger partial charge is 0.370 e. The lowest BCUT2D eigenvalue weighted by Crippen LogP contribution is -2.45. The number of nitrogens with two attached hydrogens (primary N) is 1. The average Bonchev–Trinajstić information content (AvgIpc) is 2.62. The van der Waals surface area contributed by atoms with E-state index in [-0.39, 0.29) is 11.9 Å². The van der Waals surface area contributed by atoms with Gasteiger partial charge in [0, 0.05) is 20.6 Å². The van der Waals surface area contributed by atoms with E-state index >= 15 is 0 Å². The highest BCUT2D eigenvalue weighted by Crippen LogP contribution is 2.15. The summed E-state index contributed by atoms with van der Waals surface area (Å²) in [5.74, 6) is 0.0944. The van der Waals surface area contributed by atoms with Gasteiger partial charge in [0.2, 0.25) is 0 Å². The smallest absolute Gasteiger partial charge is 0.200 e. The first-order valence-electron chi connectivity index (χ1n) is 4.82. The Bertz CT molecular complexity index is 398. The zero-order valence-electron chi connectivity index (χ0n) is 9.74. The fourth-order valence-electron chi connectivity index (χ4n) is 1.25. The van der Waals surface area contributed by atoms with Crippen molar-refractivity contribution in [3.8, 4) is 0 Å². The summed E-state index contributed by atoms with van der Waals surface area (Å²) in [6.07, 6.45) is 0. The Hall–Kier alpha value is -1.56. The molecule has 0 aliphatic heterocycles. The lowest BCUT2D eigenvalue weighted by molar-refractivity contribution is 0.440. The highest BCUT2D eigenvalue weighted by atomic mass is 32.1. The van der Waals surface area contributed by atoms with E-state index in [1.807, 2.05) is 7.05 Å². The molecule has 6 heteroatoms. The third kappa shape index (κ3) is 2.73. The van der Waals surface area contributed by atoms with Crippen molar-refractivity contribution in [3.63, 3.8) is 0 Å². The molecule has 0 saturated carbocycles. The van der Waals surface area contributed by atoms with Gasteiger partial charge in [-0.25, -0.2) is 0 Å². The monoisotopic (exact) mass is 239 g/mol.